The third-order valence-electron chi connectivity index (χ3n) is 2.66. The normalized spacial score (nSPS) is 13.5. The van der Waals surface area contributed by atoms with Crippen LogP contribution in [0.15, 0.2) is 12.7 Å². The Balaban J connectivity index is 2.44. The van der Waals surface area contributed by atoms with Gasteiger partial charge < -0.3 is 9.67 Å². The largest absolute Gasteiger partial charge is 0.394 e. The zero-order valence-electron chi connectivity index (χ0n) is 9.84. The number of hydrogen-bond acceptors (Lipinski definition) is 4. The van der Waals surface area contributed by atoms with Crippen LogP contribution in [0.2, 0.25) is 5.15 Å². The number of aliphatic hydroxyl groups is 1. The number of hydrogen-bond donors (Lipinski definition) is 1. The minimum absolute atomic E-state index is 0.0223. The first kappa shape index (κ1) is 12.3. The Morgan fingerprint density at radius 2 is 2.12 bits per heavy atom. The summed E-state index contributed by atoms with van der Waals surface area (Å²) in [6.07, 6.45) is 3.94. The van der Waals surface area contributed by atoms with E-state index < -0.39 is 0 Å². The van der Waals surface area contributed by atoms with E-state index in [-0.39, 0.29) is 12.6 Å². The average molecular weight is 255 g/mol. The van der Waals surface area contributed by atoms with E-state index in [1.54, 1.807) is 6.33 Å². The first-order chi connectivity index (χ1) is 8.13. The van der Waals surface area contributed by atoms with Crippen LogP contribution < -0.4 is 0 Å². The van der Waals surface area contributed by atoms with Crippen molar-refractivity contribution in [2.24, 2.45) is 5.92 Å². The molecule has 0 amide bonds. The summed E-state index contributed by atoms with van der Waals surface area (Å²) in [5.41, 5.74) is 1.25. The molecule has 0 radical (unpaired) electrons. The van der Waals surface area contributed by atoms with Crippen molar-refractivity contribution in [3.05, 3.63) is 17.8 Å². The van der Waals surface area contributed by atoms with E-state index in [2.05, 4.69) is 28.8 Å². The fourth-order valence-electron chi connectivity index (χ4n) is 1.91. The summed E-state index contributed by atoms with van der Waals surface area (Å²) in [6, 6.07) is -0.0223. The predicted molar refractivity (Wildman–Crippen MR) is 65.9 cm³/mol. The molecule has 1 N–H and O–H groups in total. The summed E-state index contributed by atoms with van der Waals surface area (Å²) < 4.78 is 1.86. The third kappa shape index (κ3) is 2.40. The second kappa shape index (κ2) is 4.98. The van der Waals surface area contributed by atoms with Gasteiger partial charge in [0.2, 0.25) is 0 Å². The molecule has 0 saturated heterocycles. The number of halogens is 1. The summed E-state index contributed by atoms with van der Waals surface area (Å²) in [7, 11) is 0. The molecule has 6 heteroatoms. The van der Waals surface area contributed by atoms with Crippen LogP contribution in [0.4, 0.5) is 0 Å². The Morgan fingerprint density at radius 1 is 1.35 bits per heavy atom. The number of aliphatic hydroxyl groups excluding tert-OH is 1. The minimum Gasteiger partial charge on any atom is -0.394 e. The second-order valence-corrected chi connectivity index (χ2v) is 4.81. The molecular weight excluding hydrogens is 240 g/mol. The van der Waals surface area contributed by atoms with E-state index in [4.69, 9.17) is 11.6 Å². The summed E-state index contributed by atoms with van der Waals surface area (Å²) in [4.78, 5) is 12.2. The number of fused-ring (bicyclic) bond motifs is 1. The van der Waals surface area contributed by atoms with Gasteiger partial charge in [-0.3, -0.25) is 0 Å². The van der Waals surface area contributed by atoms with Crippen LogP contribution in [-0.2, 0) is 0 Å². The Hall–Kier alpha value is -1.20. The topological polar surface area (TPSA) is 63.8 Å². The molecule has 2 aromatic rings. The van der Waals surface area contributed by atoms with E-state index >= 15 is 0 Å². The van der Waals surface area contributed by atoms with Crippen molar-refractivity contribution < 1.29 is 5.11 Å². The van der Waals surface area contributed by atoms with Crippen LogP contribution >= 0.6 is 11.6 Å². The van der Waals surface area contributed by atoms with Crippen molar-refractivity contribution in [2.75, 3.05) is 6.61 Å². The van der Waals surface area contributed by atoms with Crippen molar-refractivity contribution >= 4 is 22.8 Å². The molecule has 0 aromatic carbocycles. The van der Waals surface area contributed by atoms with E-state index in [1.807, 2.05) is 4.57 Å². The molecule has 0 aliphatic carbocycles. The van der Waals surface area contributed by atoms with Crippen molar-refractivity contribution in [3.8, 4) is 0 Å². The zero-order valence-corrected chi connectivity index (χ0v) is 10.6. The van der Waals surface area contributed by atoms with Gasteiger partial charge in [0.1, 0.15) is 11.8 Å². The second-order valence-electron chi connectivity index (χ2n) is 4.45. The van der Waals surface area contributed by atoms with Crippen molar-refractivity contribution in [1.82, 2.24) is 19.5 Å². The highest BCUT2D eigenvalue weighted by molar-refractivity contribution is 6.33. The maximum Gasteiger partial charge on any atom is 0.165 e. The first-order valence-corrected chi connectivity index (χ1v) is 5.95. The molecule has 92 valence electrons. The van der Waals surface area contributed by atoms with Gasteiger partial charge in [0, 0.05) is 0 Å². The Kier molecular flexibility index (Phi) is 3.59. The lowest BCUT2D eigenvalue weighted by molar-refractivity contribution is 0.210. The summed E-state index contributed by atoms with van der Waals surface area (Å²) in [5.74, 6) is 0.488. The van der Waals surface area contributed by atoms with Gasteiger partial charge in [0.25, 0.3) is 0 Å². The first-order valence-electron chi connectivity index (χ1n) is 5.57. The van der Waals surface area contributed by atoms with Crippen LogP contribution in [0.3, 0.4) is 0 Å². The van der Waals surface area contributed by atoms with E-state index in [9.17, 15) is 5.11 Å². The molecule has 0 spiro atoms. The monoisotopic (exact) mass is 254 g/mol. The number of rotatable bonds is 4. The zero-order chi connectivity index (χ0) is 12.4. The fraction of sp³-hybridized carbons (Fsp3) is 0.545. The quantitative estimate of drug-likeness (QED) is 0.849. The SMILES string of the molecule is CC(C)CC(CO)n1cnc2c(Cl)ncnc21. The van der Waals surface area contributed by atoms with Crippen LogP contribution in [0.25, 0.3) is 11.2 Å². The molecule has 5 nitrogen and oxygen atoms in total. The van der Waals surface area contributed by atoms with Gasteiger partial charge in [-0.1, -0.05) is 25.4 Å². The van der Waals surface area contributed by atoms with Crippen LogP contribution in [0.1, 0.15) is 26.3 Å². The van der Waals surface area contributed by atoms with E-state index in [0.29, 0.717) is 22.2 Å². The van der Waals surface area contributed by atoms with Crippen LogP contribution in [0.5, 0.6) is 0 Å². The lowest BCUT2D eigenvalue weighted by Crippen LogP contribution is -2.15. The Bertz CT molecular complexity index is 511. The van der Waals surface area contributed by atoms with Gasteiger partial charge in [-0.15, -0.1) is 0 Å². The smallest absolute Gasteiger partial charge is 0.165 e. The maximum absolute atomic E-state index is 9.45. The molecule has 2 rings (SSSR count). The Morgan fingerprint density at radius 3 is 2.76 bits per heavy atom. The summed E-state index contributed by atoms with van der Waals surface area (Å²) >= 11 is 5.93. The standard InChI is InChI=1S/C11H15ClN4O/c1-7(2)3-8(4-17)16-6-15-9-10(12)13-5-14-11(9)16/h5-8,17H,3-4H2,1-2H3. The van der Waals surface area contributed by atoms with Crippen LogP contribution in [0, 0.1) is 5.92 Å². The molecule has 0 bridgehead atoms. The molecule has 1 atom stereocenters. The summed E-state index contributed by atoms with van der Waals surface area (Å²) in [6.45, 7) is 4.29. The number of imidazole rings is 1. The lowest BCUT2D eigenvalue weighted by Gasteiger charge is -2.18. The molecule has 0 saturated carbocycles. The van der Waals surface area contributed by atoms with Crippen molar-refractivity contribution in [2.45, 2.75) is 26.3 Å². The maximum atomic E-state index is 9.45. The Labute approximate surface area is 104 Å². The molecule has 17 heavy (non-hydrogen) atoms. The molecule has 0 aliphatic heterocycles. The minimum atomic E-state index is -0.0223. The third-order valence-corrected chi connectivity index (χ3v) is 2.94. The van der Waals surface area contributed by atoms with Gasteiger partial charge in [0.15, 0.2) is 10.8 Å². The predicted octanol–water partition coefficient (Wildman–Crippen LogP) is 2.06. The highest BCUT2D eigenvalue weighted by Crippen LogP contribution is 2.23. The van der Waals surface area contributed by atoms with Gasteiger partial charge in [0.05, 0.1) is 19.0 Å². The van der Waals surface area contributed by atoms with E-state index in [1.165, 1.54) is 6.33 Å². The molecule has 0 aliphatic rings. The van der Waals surface area contributed by atoms with Gasteiger partial charge in [-0.2, -0.15) is 0 Å². The van der Waals surface area contributed by atoms with E-state index in [0.717, 1.165) is 6.42 Å². The summed E-state index contributed by atoms with van der Waals surface area (Å²) in [5, 5.41) is 9.79. The number of aromatic nitrogens is 4. The molecule has 1 unspecified atom stereocenters. The van der Waals surface area contributed by atoms with Crippen molar-refractivity contribution in [3.63, 3.8) is 0 Å². The average Bonchev–Trinajstić information content (AvgIpc) is 2.71. The fourth-order valence-corrected chi connectivity index (χ4v) is 2.09. The highest BCUT2D eigenvalue weighted by atomic mass is 35.5. The van der Waals surface area contributed by atoms with Gasteiger partial charge >= 0.3 is 0 Å². The number of nitrogens with zero attached hydrogens (tertiary/aromatic N) is 4. The van der Waals surface area contributed by atoms with Crippen molar-refractivity contribution in [1.29, 1.82) is 0 Å². The van der Waals surface area contributed by atoms with Gasteiger partial charge in [-0.05, 0) is 12.3 Å². The lowest BCUT2D eigenvalue weighted by atomic mass is 10.0. The molecule has 2 aromatic heterocycles. The molecule has 0 fully saturated rings. The molecule has 2 heterocycles. The molecular formula is C11H15ClN4O. The van der Waals surface area contributed by atoms with Gasteiger partial charge in [-0.25, -0.2) is 15.0 Å². The van der Waals surface area contributed by atoms with Crippen LogP contribution in [-0.4, -0.2) is 31.2 Å². The highest BCUT2D eigenvalue weighted by Gasteiger charge is 2.17.